The fourth-order valence-corrected chi connectivity index (χ4v) is 2.23. The molecular weight excluding hydrogens is 330 g/mol. The van der Waals surface area contributed by atoms with Gasteiger partial charge in [-0.1, -0.05) is 5.16 Å². The number of carbonyl (C=O) groups excluding carboxylic acids is 1. The predicted molar refractivity (Wildman–Crippen MR) is 86.0 cm³/mol. The van der Waals surface area contributed by atoms with Gasteiger partial charge in [0.15, 0.2) is 5.76 Å². The van der Waals surface area contributed by atoms with Gasteiger partial charge in [0.2, 0.25) is 0 Å². The molecule has 0 atom stereocenters. The molecule has 0 spiro atoms. The van der Waals surface area contributed by atoms with Gasteiger partial charge in [0.1, 0.15) is 23.1 Å². The Morgan fingerprint density at radius 1 is 1.16 bits per heavy atom. The van der Waals surface area contributed by atoms with Crippen molar-refractivity contribution >= 4 is 5.91 Å². The zero-order valence-corrected chi connectivity index (χ0v) is 13.3. The zero-order chi connectivity index (χ0) is 17.8. The summed E-state index contributed by atoms with van der Waals surface area (Å²) in [7, 11) is 1.54. The van der Waals surface area contributed by atoms with Crippen LogP contribution in [0.2, 0.25) is 0 Å². The molecule has 0 aliphatic rings. The minimum absolute atomic E-state index is 0.0987. The van der Waals surface area contributed by atoms with Crippen molar-refractivity contribution in [2.75, 3.05) is 7.11 Å². The molecule has 0 unspecified atom stereocenters. The molecule has 0 radical (unpaired) electrons. The number of benzene rings is 2. The second kappa shape index (κ2) is 7.12. The zero-order valence-electron chi connectivity index (χ0n) is 13.3. The Labute approximate surface area is 142 Å². The Morgan fingerprint density at radius 3 is 2.60 bits per heavy atom. The van der Waals surface area contributed by atoms with E-state index >= 15 is 0 Å². The summed E-state index contributed by atoms with van der Waals surface area (Å²) < 4.78 is 36.8. The highest BCUT2D eigenvalue weighted by molar-refractivity contribution is 5.94. The van der Waals surface area contributed by atoms with E-state index in [4.69, 9.17) is 9.26 Å². The average molecular weight is 344 g/mol. The molecule has 7 heteroatoms. The molecule has 2 aromatic carbocycles. The van der Waals surface area contributed by atoms with Gasteiger partial charge in [-0.25, -0.2) is 8.78 Å². The van der Waals surface area contributed by atoms with Crippen LogP contribution < -0.4 is 10.1 Å². The highest BCUT2D eigenvalue weighted by atomic mass is 19.1. The van der Waals surface area contributed by atoms with Crippen molar-refractivity contribution in [2.45, 2.75) is 6.54 Å². The molecule has 1 heterocycles. The SMILES string of the molecule is COc1ccc(C(=O)NCc2cc(-c3ccc(F)cc3F)on2)cc1. The number of aromatic nitrogens is 1. The van der Waals surface area contributed by atoms with Crippen LogP contribution in [0.15, 0.2) is 53.1 Å². The molecular formula is C18H14F2N2O3. The third-order valence-corrected chi connectivity index (χ3v) is 3.54. The molecule has 5 nitrogen and oxygen atoms in total. The Bertz CT molecular complexity index is 892. The van der Waals surface area contributed by atoms with Gasteiger partial charge >= 0.3 is 0 Å². The van der Waals surface area contributed by atoms with Crippen molar-refractivity contribution in [2.24, 2.45) is 0 Å². The molecule has 0 aliphatic carbocycles. The first-order chi connectivity index (χ1) is 12.1. The highest BCUT2D eigenvalue weighted by Crippen LogP contribution is 2.24. The topological polar surface area (TPSA) is 64.4 Å². The first-order valence-electron chi connectivity index (χ1n) is 7.40. The van der Waals surface area contributed by atoms with Crippen LogP contribution in [0.25, 0.3) is 11.3 Å². The van der Waals surface area contributed by atoms with Crippen molar-refractivity contribution in [1.29, 1.82) is 0 Å². The molecule has 1 N–H and O–H groups in total. The van der Waals surface area contributed by atoms with E-state index in [2.05, 4.69) is 10.5 Å². The maximum atomic E-state index is 13.7. The number of halogens is 2. The van der Waals surface area contributed by atoms with Crippen LogP contribution in [-0.2, 0) is 6.54 Å². The Kier molecular flexibility index (Phi) is 4.74. The molecule has 0 fully saturated rings. The summed E-state index contributed by atoms with van der Waals surface area (Å²) in [6, 6.07) is 11.3. The molecule has 3 aromatic rings. The van der Waals surface area contributed by atoms with E-state index in [1.54, 1.807) is 31.4 Å². The summed E-state index contributed by atoms with van der Waals surface area (Å²) in [4.78, 5) is 12.1. The van der Waals surface area contributed by atoms with Gasteiger partial charge in [-0.15, -0.1) is 0 Å². The summed E-state index contributed by atoms with van der Waals surface area (Å²) in [6.07, 6.45) is 0. The molecule has 0 saturated carbocycles. The van der Waals surface area contributed by atoms with Crippen LogP contribution in [0.1, 0.15) is 16.1 Å². The Morgan fingerprint density at radius 2 is 1.92 bits per heavy atom. The lowest BCUT2D eigenvalue weighted by Gasteiger charge is -2.04. The molecule has 0 saturated heterocycles. The lowest BCUT2D eigenvalue weighted by atomic mass is 10.1. The molecule has 25 heavy (non-hydrogen) atoms. The van der Waals surface area contributed by atoms with Crippen LogP contribution >= 0.6 is 0 Å². The van der Waals surface area contributed by atoms with Crippen molar-refractivity contribution in [1.82, 2.24) is 10.5 Å². The number of nitrogens with one attached hydrogen (secondary N) is 1. The molecule has 0 aliphatic heterocycles. The van der Waals surface area contributed by atoms with Crippen LogP contribution in [0.5, 0.6) is 5.75 Å². The summed E-state index contributed by atoms with van der Waals surface area (Å²) in [5.41, 5.74) is 0.983. The lowest BCUT2D eigenvalue weighted by molar-refractivity contribution is 0.0950. The lowest BCUT2D eigenvalue weighted by Crippen LogP contribution is -2.22. The second-order valence-electron chi connectivity index (χ2n) is 5.22. The van der Waals surface area contributed by atoms with Crippen molar-refractivity contribution < 1.29 is 22.8 Å². The summed E-state index contributed by atoms with van der Waals surface area (Å²) >= 11 is 0. The smallest absolute Gasteiger partial charge is 0.251 e. The Hall–Kier alpha value is -3.22. The number of methoxy groups -OCH3 is 1. The third-order valence-electron chi connectivity index (χ3n) is 3.54. The van der Waals surface area contributed by atoms with E-state index in [9.17, 15) is 13.6 Å². The first kappa shape index (κ1) is 16.6. The van der Waals surface area contributed by atoms with Crippen LogP contribution in [-0.4, -0.2) is 18.2 Å². The fraction of sp³-hybridized carbons (Fsp3) is 0.111. The maximum Gasteiger partial charge on any atom is 0.251 e. The van der Waals surface area contributed by atoms with Crippen LogP contribution in [0.4, 0.5) is 8.78 Å². The Balaban J connectivity index is 1.66. The van der Waals surface area contributed by atoms with Crippen LogP contribution in [0, 0.1) is 11.6 Å². The molecule has 1 aromatic heterocycles. The molecule has 3 rings (SSSR count). The van der Waals surface area contributed by atoms with Gasteiger partial charge in [-0.2, -0.15) is 0 Å². The van der Waals surface area contributed by atoms with E-state index in [0.717, 1.165) is 12.1 Å². The maximum absolute atomic E-state index is 13.7. The minimum atomic E-state index is -0.745. The normalized spacial score (nSPS) is 10.5. The first-order valence-corrected chi connectivity index (χ1v) is 7.40. The van der Waals surface area contributed by atoms with Gasteiger partial charge in [0, 0.05) is 17.7 Å². The van der Waals surface area contributed by atoms with Gasteiger partial charge in [0.25, 0.3) is 5.91 Å². The number of amides is 1. The predicted octanol–water partition coefficient (Wildman–Crippen LogP) is 3.56. The largest absolute Gasteiger partial charge is 0.497 e. The van der Waals surface area contributed by atoms with Crippen LogP contribution in [0.3, 0.4) is 0 Å². The number of hydrogen-bond acceptors (Lipinski definition) is 4. The quantitative estimate of drug-likeness (QED) is 0.769. The minimum Gasteiger partial charge on any atom is -0.497 e. The summed E-state index contributed by atoms with van der Waals surface area (Å²) in [6.45, 7) is 0.108. The van der Waals surface area contributed by atoms with Gasteiger partial charge < -0.3 is 14.6 Å². The third kappa shape index (κ3) is 3.82. The monoisotopic (exact) mass is 344 g/mol. The van der Waals surface area contributed by atoms with E-state index in [0.29, 0.717) is 17.0 Å². The molecule has 1 amide bonds. The highest BCUT2D eigenvalue weighted by Gasteiger charge is 2.13. The number of hydrogen-bond donors (Lipinski definition) is 1. The van der Waals surface area contributed by atoms with E-state index in [-0.39, 0.29) is 23.8 Å². The summed E-state index contributed by atoms with van der Waals surface area (Å²) in [5.74, 6) is -0.900. The number of nitrogens with zero attached hydrogens (tertiary/aromatic N) is 1. The van der Waals surface area contributed by atoms with E-state index in [1.807, 2.05) is 0 Å². The van der Waals surface area contributed by atoms with Crippen molar-refractivity contribution in [3.63, 3.8) is 0 Å². The number of carbonyl (C=O) groups is 1. The van der Waals surface area contributed by atoms with Crippen molar-refractivity contribution in [3.05, 3.63) is 71.4 Å². The number of ether oxygens (including phenoxy) is 1. The van der Waals surface area contributed by atoms with Crippen molar-refractivity contribution in [3.8, 4) is 17.1 Å². The van der Waals surface area contributed by atoms with Gasteiger partial charge in [-0.05, 0) is 36.4 Å². The van der Waals surface area contributed by atoms with E-state index < -0.39 is 11.6 Å². The van der Waals surface area contributed by atoms with Gasteiger partial charge in [-0.3, -0.25) is 4.79 Å². The summed E-state index contributed by atoms with van der Waals surface area (Å²) in [5, 5.41) is 6.46. The van der Waals surface area contributed by atoms with E-state index in [1.165, 1.54) is 12.1 Å². The standard InChI is InChI=1S/C18H14F2N2O3/c1-24-14-5-2-11(3-6-14)18(23)21-10-13-9-17(25-22-13)15-7-4-12(19)8-16(15)20/h2-9H,10H2,1H3,(H,21,23). The second-order valence-corrected chi connectivity index (χ2v) is 5.22. The molecule has 0 bridgehead atoms. The number of rotatable bonds is 5. The van der Waals surface area contributed by atoms with Gasteiger partial charge in [0.05, 0.1) is 19.2 Å². The average Bonchev–Trinajstić information content (AvgIpc) is 3.08. The molecule has 128 valence electrons. The fourth-order valence-electron chi connectivity index (χ4n) is 2.23.